The van der Waals surface area contributed by atoms with Crippen LogP contribution in [0.25, 0.3) is 28.5 Å². The van der Waals surface area contributed by atoms with Crippen molar-refractivity contribution in [3.05, 3.63) is 71.9 Å². The number of rotatable bonds is 4. The number of benzene rings is 2. The van der Waals surface area contributed by atoms with Gasteiger partial charge in [-0.15, -0.1) is 0 Å². The molecule has 0 aliphatic carbocycles. The van der Waals surface area contributed by atoms with Crippen molar-refractivity contribution >= 4 is 28.6 Å². The van der Waals surface area contributed by atoms with Crippen molar-refractivity contribution in [1.29, 1.82) is 0 Å². The molecule has 2 aromatic heterocycles. The van der Waals surface area contributed by atoms with Crippen LogP contribution in [-0.4, -0.2) is 39.3 Å². The number of aliphatic hydroxyl groups is 1. The third-order valence-corrected chi connectivity index (χ3v) is 5.94. The van der Waals surface area contributed by atoms with E-state index in [1.807, 2.05) is 35.2 Å². The van der Waals surface area contributed by atoms with Gasteiger partial charge < -0.3 is 19.7 Å². The molecule has 2 N–H and O–H groups in total. The summed E-state index contributed by atoms with van der Waals surface area (Å²) in [6, 6.07) is 13.8. The molecule has 0 saturated heterocycles. The minimum atomic E-state index is -0.231. The maximum atomic E-state index is 10.0. The molecule has 5 rings (SSSR count). The molecule has 156 valence electrons. The van der Waals surface area contributed by atoms with E-state index in [2.05, 4.69) is 42.5 Å². The Balaban J connectivity index is 1.65. The van der Waals surface area contributed by atoms with Gasteiger partial charge in [-0.3, -0.25) is 0 Å². The first-order chi connectivity index (χ1) is 15.1. The van der Waals surface area contributed by atoms with Gasteiger partial charge in [0, 0.05) is 6.20 Å². The van der Waals surface area contributed by atoms with Gasteiger partial charge in [0.2, 0.25) is 0 Å². The number of imidazole rings is 1. The number of hydrogen-bond acceptors (Lipinski definition) is 5. The Hall–Kier alpha value is -3.64. The highest BCUT2D eigenvalue weighted by atomic mass is 16.5. The van der Waals surface area contributed by atoms with Crippen LogP contribution in [-0.2, 0) is 0 Å². The highest BCUT2D eigenvalue weighted by Crippen LogP contribution is 2.44. The highest BCUT2D eigenvalue weighted by molar-refractivity contribution is 5.86. The van der Waals surface area contributed by atoms with E-state index in [-0.39, 0.29) is 12.6 Å². The van der Waals surface area contributed by atoms with E-state index in [0.29, 0.717) is 6.61 Å². The largest absolute Gasteiger partial charge is 0.488 e. The second-order valence-electron chi connectivity index (χ2n) is 7.81. The SMILES string of the molecule is C=Cc1ccc(N2c3cccc(-c4nc5c(C)c(C)ccc5[nH]4)c3OCC2CO)nc1. The van der Waals surface area contributed by atoms with Gasteiger partial charge in [-0.05, 0) is 60.9 Å². The maximum absolute atomic E-state index is 10.0. The van der Waals surface area contributed by atoms with Crippen LogP contribution in [0.5, 0.6) is 5.75 Å². The van der Waals surface area contributed by atoms with Gasteiger partial charge in [0.1, 0.15) is 18.2 Å². The number of hydrogen-bond donors (Lipinski definition) is 2. The van der Waals surface area contributed by atoms with Crippen LogP contribution in [0.15, 0.2) is 55.2 Å². The molecular weight excluding hydrogens is 388 g/mol. The second kappa shape index (κ2) is 7.56. The fraction of sp³-hybridized carbons (Fsp3) is 0.200. The Morgan fingerprint density at radius 3 is 2.84 bits per heavy atom. The zero-order chi connectivity index (χ0) is 21.5. The number of aromatic nitrogens is 3. The van der Waals surface area contributed by atoms with Crippen molar-refractivity contribution in [1.82, 2.24) is 15.0 Å². The topological polar surface area (TPSA) is 74.3 Å². The lowest BCUT2D eigenvalue weighted by Crippen LogP contribution is -2.43. The van der Waals surface area contributed by atoms with Gasteiger partial charge in [0.15, 0.2) is 5.75 Å². The number of ether oxygens (including phenoxy) is 1. The molecule has 0 amide bonds. The smallest absolute Gasteiger partial charge is 0.154 e. The second-order valence-corrected chi connectivity index (χ2v) is 7.81. The average molecular weight is 412 g/mol. The summed E-state index contributed by atoms with van der Waals surface area (Å²) in [5.41, 5.74) is 7.03. The highest BCUT2D eigenvalue weighted by Gasteiger charge is 2.31. The van der Waals surface area contributed by atoms with Crippen molar-refractivity contribution < 1.29 is 9.84 Å². The van der Waals surface area contributed by atoms with Crippen LogP contribution >= 0.6 is 0 Å². The van der Waals surface area contributed by atoms with Crippen LogP contribution in [0, 0.1) is 13.8 Å². The van der Waals surface area contributed by atoms with E-state index >= 15 is 0 Å². The van der Waals surface area contributed by atoms with E-state index in [1.54, 1.807) is 12.3 Å². The predicted molar refractivity (Wildman–Crippen MR) is 124 cm³/mol. The van der Waals surface area contributed by atoms with E-state index < -0.39 is 0 Å². The zero-order valence-electron chi connectivity index (χ0n) is 17.6. The zero-order valence-corrected chi connectivity index (χ0v) is 17.6. The Kier molecular flexibility index (Phi) is 4.71. The lowest BCUT2D eigenvalue weighted by Gasteiger charge is -2.37. The number of pyridine rings is 1. The molecule has 1 atom stereocenters. The number of H-pyrrole nitrogens is 1. The number of nitrogens with zero attached hydrogens (tertiary/aromatic N) is 3. The minimum absolute atomic E-state index is 0.0440. The molecule has 2 aromatic carbocycles. The summed E-state index contributed by atoms with van der Waals surface area (Å²) >= 11 is 0. The van der Waals surface area contributed by atoms with Gasteiger partial charge in [-0.2, -0.15) is 0 Å². The van der Waals surface area contributed by atoms with E-state index in [4.69, 9.17) is 9.72 Å². The summed E-state index contributed by atoms with van der Waals surface area (Å²) in [7, 11) is 0. The fourth-order valence-electron chi connectivity index (χ4n) is 4.05. The molecule has 6 nitrogen and oxygen atoms in total. The predicted octanol–water partition coefficient (Wildman–Crippen LogP) is 4.78. The van der Waals surface area contributed by atoms with Gasteiger partial charge in [-0.25, -0.2) is 9.97 Å². The monoisotopic (exact) mass is 412 g/mol. The first kappa shape index (κ1) is 19.3. The van der Waals surface area contributed by atoms with Gasteiger partial charge >= 0.3 is 0 Å². The maximum Gasteiger partial charge on any atom is 0.154 e. The summed E-state index contributed by atoms with van der Waals surface area (Å²) in [5, 5.41) is 10.0. The van der Waals surface area contributed by atoms with Crippen LogP contribution in [0.3, 0.4) is 0 Å². The third kappa shape index (κ3) is 3.16. The quantitative estimate of drug-likeness (QED) is 0.505. The van der Waals surface area contributed by atoms with Crippen molar-refractivity contribution in [3.8, 4) is 17.1 Å². The Labute approximate surface area is 180 Å². The van der Waals surface area contributed by atoms with Crippen LogP contribution in [0.1, 0.15) is 16.7 Å². The molecule has 1 aliphatic rings. The van der Waals surface area contributed by atoms with Crippen molar-refractivity contribution in [3.63, 3.8) is 0 Å². The molecule has 31 heavy (non-hydrogen) atoms. The standard InChI is InChI=1S/C25H24N4O2/c1-4-17-9-11-22(26-12-17)29-18(13-30)14-31-24-19(6-5-7-21(24)29)25-27-20-10-8-15(2)16(3)23(20)28-25/h4-12,18,30H,1,13-14H2,2-3H3,(H,27,28). The first-order valence-electron chi connectivity index (χ1n) is 10.3. The number of aromatic amines is 1. The van der Waals surface area contributed by atoms with Gasteiger partial charge in [0.05, 0.1) is 34.9 Å². The van der Waals surface area contributed by atoms with Gasteiger partial charge in [0.25, 0.3) is 0 Å². The number of fused-ring (bicyclic) bond motifs is 2. The Bertz CT molecular complexity index is 1280. The van der Waals surface area contributed by atoms with E-state index in [0.717, 1.165) is 45.2 Å². The summed E-state index contributed by atoms with van der Waals surface area (Å²) in [6.07, 6.45) is 3.54. The number of aliphatic hydroxyl groups excluding tert-OH is 1. The molecule has 1 unspecified atom stereocenters. The van der Waals surface area contributed by atoms with Crippen molar-refractivity contribution in [2.45, 2.75) is 19.9 Å². The lowest BCUT2D eigenvalue weighted by molar-refractivity contribution is 0.195. The first-order valence-corrected chi connectivity index (χ1v) is 10.3. The summed E-state index contributed by atoms with van der Waals surface area (Å²) in [4.78, 5) is 14.9. The molecule has 6 heteroatoms. The summed E-state index contributed by atoms with van der Waals surface area (Å²) in [5.74, 6) is 2.25. The average Bonchev–Trinajstić information content (AvgIpc) is 3.25. The molecule has 1 aliphatic heterocycles. The molecule has 4 aromatic rings. The number of nitrogens with one attached hydrogen (secondary N) is 1. The molecular formula is C25H24N4O2. The third-order valence-electron chi connectivity index (χ3n) is 5.94. The van der Waals surface area contributed by atoms with Crippen LogP contribution < -0.4 is 9.64 Å². The molecule has 3 heterocycles. The number of anilines is 2. The van der Waals surface area contributed by atoms with Crippen LogP contribution in [0.2, 0.25) is 0 Å². The van der Waals surface area contributed by atoms with E-state index in [9.17, 15) is 5.11 Å². The molecule has 0 fully saturated rings. The molecule has 0 spiro atoms. The van der Waals surface area contributed by atoms with Crippen LogP contribution in [0.4, 0.5) is 11.5 Å². The Morgan fingerprint density at radius 2 is 2.10 bits per heavy atom. The summed E-state index contributed by atoms with van der Waals surface area (Å²) in [6.45, 7) is 8.28. The molecule has 0 saturated carbocycles. The number of para-hydroxylation sites is 1. The number of aryl methyl sites for hydroxylation is 2. The minimum Gasteiger partial charge on any atom is -0.488 e. The van der Waals surface area contributed by atoms with E-state index in [1.165, 1.54) is 11.1 Å². The van der Waals surface area contributed by atoms with Gasteiger partial charge in [-0.1, -0.05) is 24.8 Å². The lowest BCUT2D eigenvalue weighted by atomic mass is 10.1. The summed E-state index contributed by atoms with van der Waals surface area (Å²) < 4.78 is 6.15. The molecule has 0 bridgehead atoms. The molecule has 0 radical (unpaired) electrons. The fourth-order valence-corrected chi connectivity index (χ4v) is 4.05. The normalized spacial score (nSPS) is 15.6. The van der Waals surface area contributed by atoms with Crippen molar-refractivity contribution in [2.75, 3.05) is 18.1 Å². The Morgan fingerprint density at radius 1 is 1.23 bits per heavy atom. The van der Waals surface area contributed by atoms with Crippen molar-refractivity contribution in [2.24, 2.45) is 0 Å².